The van der Waals surface area contributed by atoms with Gasteiger partial charge in [0.1, 0.15) is 10.0 Å². The number of hydrogen-bond acceptors (Lipinski definition) is 5. The summed E-state index contributed by atoms with van der Waals surface area (Å²) >= 11 is 1.01. The molecule has 0 radical (unpaired) electrons. The molecular formula is C9H9N3O2S2. The number of aromatic nitrogens is 1. The maximum atomic E-state index is 11.8. The molecular weight excluding hydrogens is 246 g/mol. The number of anilines is 2. The third kappa shape index (κ3) is 2.31. The van der Waals surface area contributed by atoms with Crippen molar-refractivity contribution < 1.29 is 8.42 Å². The minimum absolute atomic E-state index is 0.177. The summed E-state index contributed by atoms with van der Waals surface area (Å²) in [7, 11) is -3.57. The summed E-state index contributed by atoms with van der Waals surface area (Å²) in [6, 6.07) is 8.01. The van der Waals surface area contributed by atoms with E-state index >= 15 is 0 Å². The lowest BCUT2D eigenvalue weighted by Gasteiger charge is -2.03. The second-order valence-electron chi connectivity index (χ2n) is 2.98. The van der Waals surface area contributed by atoms with Crippen molar-refractivity contribution >= 4 is 32.2 Å². The molecule has 7 heteroatoms. The van der Waals surface area contributed by atoms with Gasteiger partial charge < -0.3 is 5.73 Å². The molecule has 2 aromatic rings. The van der Waals surface area contributed by atoms with E-state index in [0.29, 0.717) is 5.00 Å². The Morgan fingerprint density at radius 3 is 2.62 bits per heavy atom. The molecule has 0 aliphatic heterocycles. The summed E-state index contributed by atoms with van der Waals surface area (Å²) in [5.41, 5.74) is 5.48. The van der Waals surface area contributed by atoms with Crippen LogP contribution in [0.1, 0.15) is 0 Å². The molecule has 0 saturated carbocycles. The van der Waals surface area contributed by atoms with Crippen LogP contribution < -0.4 is 10.5 Å². The maximum absolute atomic E-state index is 11.8. The molecule has 0 saturated heterocycles. The highest BCUT2D eigenvalue weighted by Crippen LogP contribution is 2.24. The average Bonchev–Trinajstić information content (AvgIpc) is 2.66. The van der Waals surface area contributed by atoms with Gasteiger partial charge in [0.15, 0.2) is 0 Å². The predicted octanol–water partition coefficient (Wildman–Crippen LogP) is 1.53. The zero-order valence-electron chi connectivity index (χ0n) is 8.12. The number of nitrogen functional groups attached to an aromatic ring is 1. The largest absolute Gasteiger partial charge is 0.391 e. The average molecular weight is 255 g/mol. The molecule has 0 atom stereocenters. The first kappa shape index (κ1) is 10.9. The summed E-state index contributed by atoms with van der Waals surface area (Å²) in [6.07, 6.45) is 1.51. The van der Waals surface area contributed by atoms with Crippen molar-refractivity contribution in [3.8, 4) is 0 Å². The van der Waals surface area contributed by atoms with E-state index in [4.69, 9.17) is 5.73 Å². The van der Waals surface area contributed by atoms with E-state index in [1.165, 1.54) is 12.3 Å². The van der Waals surface area contributed by atoms with Crippen molar-refractivity contribution in [3.05, 3.63) is 36.5 Å². The molecule has 0 aliphatic rings. The van der Waals surface area contributed by atoms with Crippen molar-refractivity contribution in [1.29, 1.82) is 0 Å². The number of thiophene rings is 1. The van der Waals surface area contributed by atoms with Crippen LogP contribution in [-0.4, -0.2) is 13.4 Å². The fourth-order valence-corrected chi connectivity index (χ4v) is 3.19. The quantitative estimate of drug-likeness (QED) is 0.871. The van der Waals surface area contributed by atoms with Gasteiger partial charge in [0, 0.05) is 6.20 Å². The summed E-state index contributed by atoms with van der Waals surface area (Å²) < 4.78 is 26.2. The SMILES string of the molecule is Nc1ccc(S(=O)(=O)Nc2ccccn2)s1. The zero-order chi connectivity index (χ0) is 11.6. The Bertz CT molecular complexity index is 578. The fraction of sp³-hybridized carbons (Fsp3) is 0. The van der Waals surface area contributed by atoms with Crippen LogP contribution in [0.3, 0.4) is 0 Å². The molecule has 2 aromatic heterocycles. The van der Waals surface area contributed by atoms with Crippen LogP contribution >= 0.6 is 11.3 Å². The molecule has 3 N–H and O–H groups in total. The van der Waals surface area contributed by atoms with Gasteiger partial charge in [-0.3, -0.25) is 4.72 Å². The number of hydrogen-bond donors (Lipinski definition) is 2. The van der Waals surface area contributed by atoms with E-state index in [2.05, 4.69) is 9.71 Å². The first-order valence-corrected chi connectivity index (χ1v) is 6.67. The molecule has 0 unspecified atom stereocenters. The molecule has 2 rings (SSSR count). The Morgan fingerprint density at radius 2 is 2.06 bits per heavy atom. The number of pyridine rings is 1. The molecule has 0 bridgehead atoms. The lowest BCUT2D eigenvalue weighted by atomic mass is 10.5. The molecule has 0 aliphatic carbocycles. The third-order valence-corrected chi connectivity index (χ3v) is 4.53. The summed E-state index contributed by atoms with van der Waals surface area (Å²) in [5.74, 6) is 0.287. The maximum Gasteiger partial charge on any atom is 0.272 e. The molecule has 0 aromatic carbocycles. The molecule has 0 amide bonds. The Balaban J connectivity index is 2.28. The first-order chi connectivity index (χ1) is 7.58. The first-order valence-electron chi connectivity index (χ1n) is 4.37. The molecule has 2 heterocycles. The fourth-order valence-electron chi connectivity index (χ4n) is 1.09. The van der Waals surface area contributed by atoms with E-state index in [9.17, 15) is 8.42 Å². The van der Waals surface area contributed by atoms with Gasteiger partial charge in [-0.05, 0) is 24.3 Å². The van der Waals surface area contributed by atoms with E-state index in [0.717, 1.165) is 11.3 Å². The van der Waals surface area contributed by atoms with Gasteiger partial charge in [-0.15, -0.1) is 11.3 Å². The van der Waals surface area contributed by atoms with Crippen LogP contribution in [0.2, 0.25) is 0 Å². The summed E-state index contributed by atoms with van der Waals surface area (Å²) in [5, 5.41) is 0.460. The highest BCUT2D eigenvalue weighted by atomic mass is 32.2. The second kappa shape index (κ2) is 4.11. The van der Waals surface area contributed by atoms with Crippen LogP contribution in [-0.2, 0) is 10.0 Å². The lowest BCUT2D eigenvalue weighted by Crippen LogP contribution is -2.12. The van der Waals surface area contributed by atoms with E-state index in [1.807, 2.05) is 0 Å². The van der Waals surface area contributed by atoms with Crippen LogP contribution in [0.15, 0.2) is 40.7 Å². The van der Waals surface area contributed by atoms with E-state index in [1.54, 1.807) is 24.3 Å². The van der Waals surface area contributed by atoms with Crippen LogP contribution in [0, 0.1) is 0 Å². The van der Waals surface area contributed by atoms with E-state index < -0.39 is 10.0 Å². The second-order valence-corrected chi connectivity index (χ2v) is 6.00. The number of rotatable bonds is 3. The smallest absolute Gasteiger partial charge is 0.272 e. The summed E-state index contributed by atoms with van der Waals surface area (Å²) in [6.45, 7) is 0. The van der Waals surface area contributed by atoms with Crippen LogP contribution in [0.5, 0.6) is 0 Å². The standard InChI is InChI=1S/C9H9N3O2S2/c10-7-4-5-9(15-7)16(13,14)12-8-3-1-2-6-11-8/h1-6H,10H2,(H,11,12). The Kier molecular flexibility index (Phi) is 2.80. The van der Waals surface area contributed by atoms with Gasteiger partial charge in [0.25, 0.3) is 10.0 Å². The number of nitrogens with zero attached hydrogens (tertiary/aromatic N) is 1. The molecule has 16 heavy (non-hydrogen) atoms. The third-order valence-electron chi connectivity index (χ3n) is 1.77. The Hall–Kier alpha value is -1.60. The van der Waals surface area contributed by atoms with Crippen molar-refractivity contribution in [1.82, 2.24) is 4.98 Å². The van der Waals surface area contributed by atoms with Gasteiger partial charge in [-0.2, -0.15) is 0 Å². The van der Waals surface area contributed by atoms with Gasteiger partial charge >= 0.3 is 0 Å². The van der Waals surface area contributed by atoms with Crippen LogP contribution in [0.4, 0.5) is 10.8 Å². The van der Waals surface area contributed by atoms with Crippen molar-refractivity contribution in [2.75, 3.05) is 10.5 Å². The normalized spacial score (nSPS) is 11.2. The predicted molar refractivity (Wildman–Crippen MR) is 63.8 cm³/mol. The molecule has 0 spiro atoms. The number of nitrogens with one attached hydrogen (secondary N) is 1. The Morgan fingerprint density at radius 1 is 1.25 bits per heavy atom. The van der Waals surface area contributed by atoms with Gasteiger partial charge in [0.2, 0.25) is 0 Å². The van der Waals surface area contributed by atoms with Gasteiger partial charge in [-0.1, -0.05) is 6.07 Å². The summed E-state index contributed by atoms with van der Waals surface area (Å²) in [4.78, 5) is 3.88. The van der Waals surface area contributed by atoms with Crippen LogP contribution in [0.25, 0.3) is 0 Å². The van der Waals surface area contributed by atoms with Gasteiger partial charge in [0.05, 0.1) is 5.00 Å². The highest BCUT2D eigenvalue weighted by Gasteiger charge is 2.16. The van der Waals surface area contributed by atoms with Crippen molar-refractivity contribution in [2.45, 2.75) is 4.21 Å². The highest BCUT2D eigenvalue weighted by molar-refractivity contribution is 7.94. The topological polar surface area (TPSA) is 85.1 Å². The number of nitrogens with two attached hydrogens (primary N) is 1. The molecule has 84 valence electrons. The number of sulfonamides is 1. The monoisotopic (exact) mass is 255 g/mol. The van der Waals surface area contributed by atoms with Crippen molar-refractivity contribution in [3.63, 3.8) is 0 Å². The minimum Gasteiger partial charge on any atom is -0.391 e. The lowest BCUT2D eigenvalue weighted by molar-refractivity contribution is 0.603. The molecule has 5 nitrogen and oxygen atoms in total. The van der Waals surface area contributed by atoms with Gasteiger partial charge in [-0.25, -0.2) is 13.4 Å². The minimum atomic E-state index is -3.57. The van der Waals surface area contributed by atoms with E-state index in [-0.39, 0.29) is 10.0 Å². The van der Waals surface area contributed by atoms with Crippen molar-refractivity contribution in [2.24, 2.45) is 0 Å². The molecule has 0 fully saturated rings. The zero-order valence-corrected chi connectivity index (χ0v) is 9.75. The Labute approximate surface area is 97.0 Å².